The molecule has 0 radical (unpaired) electrons. The van der Waals surface area contributed by atoms with E-state index in [2.05, 4.69) is 65.5 Å². The highest BCUT2D eigenvalue weighted by Crippen LogP contribution is 2.32. The van der Waals surface area contributed by atoms with Gasteiger partial charge in [0, 0.05) is 20.1 Å². The highest BCUT2D eigenvalue weighted by Gasteiger charge is 2.15. The molecule has 0 saturated carbocycles. The molecule has 0 bridgehead atoms. The lowest BCUT2D eigenvalue weighted by atomic mass is 10.0. The Balaban J connectivity index is 1.87. The molecule has 6 heteroatoms. The number of rotatable bonds is 6. The average Bonchev–Trinajstić information content (AvgIpc) is 2.88. The van der Waals surface area contributed by atoms with E-state index in [1.807, 2.05) is 28.9 Å². The molecule has 0 saturated heterocycles. The minimum absolute atomic E-state index is 0.443. The maximum atomic E-state index is 6.37. The second kappa shape index (κ2) is 7.47. The van der Waals surface area contributed by atoms with Gasteiger partial charge in [-0.2, -0.15) is 5.10 Å². The first-order chi connectivity index (χ1) is 11.8. The van der Waals surface area contributed by atoms with E-state index in [0.29, 0.717) is 6.73 Å². The summed E-state index contributed by atoms with van der Waals surface area (Å²) < 4.78 is 8.69. The topological polar surface area (TPSA) is 53.1 Å². The molecule has 25 heavy (non-hydrogen) atoms. The number of nitrogens with two attached hydrogens (primary N) is 1. The maximum absolute atomic E-state index is 6.37. The van der Waals surface area contributed by atoms with E-state index < -0.39 is 8.07 Å². The van der Waals surface area contributed by atoms with Crippen LogP contribution in [0, 0.1) is 3.70 Å². The van der Waals surface area contributed by atoms with Crippen molar-refractivity contribution in [1.29, 1.82) is 0 Å². The van der Waals surface area contributed by atoms with Gasteiger partial charge in [-0.1, -0.05) is 50.0 Å². The first kappa shape index (κ1) is 18.4. The Hall–Kier alpha value is -1.38. The molecular weight excluding hydrogens is 441 g/mol. The third-order valence-corrected chi connectivity index (χ3v) is 6.65. The zero-order valence-electron chi connectivity index (χ0n) is 14.9. The van der Waals surface area contributed by atoms with Crippen molar-refractivity contribution in [3.63, 3.8) is 0 Å². The molecule has 2 aromatic carbocycles. The average molecular weight is 465 g/mol. The van der Waals surface area contributed by atoms with Gasteiger partial charge in [-0.05, 0) is 51.9 Å². The third-order valence-electron chi connectivity index (χ3n) is 4.15. The number of anilines is 1. The monoisotopic (exact) mass is 465 g/mol. The van der Waals surface area contributed by atoms with Crippen LogP contribution in [0.5, 0.6) is 0 Å². The quantitative estimate of drug-likeness (QED) is 0.236. The van der Waals surface area contributed by atoms with Crippen molar-refractivity contribution < 1.29 is 4.74 Å². The fraction of sp³-hybridized carbons (Fsp3) is 0.316. The summed E-state index contributed by atoms with van der Waals surface area (Å²) in [5, 5.41) is 5.71. The Morgan fingerprint density at radius 1 is 1.12 bits per heavy atom. The molecule has 0 spiro atoms. The standard InChI is InChI=1S/C19H24IN3OSi/c1-25(2,3)10-9-24-13-23-18-16(19(20)22-23)11-15(12-17(18)21)14-7-5-4-6-8-14/h4-8,11-12H,9-10,13,21H2,1-3H3. The number of nitrogens with zero attached hydrogens (tertiary/aromatic N) is 2. The molecule has 1 heterocycles. The van der Waals surface area contributed by atoms with Crippen LogP contribution in [0.25, 0.3) is 22.0 Å². The predicted molar refractivity (Wildman–Crippen MR) is 116 cm³/mol. The Morgan fingerprint density at radius 3 is 2.52 bits per heavy atom. The molecule has 0 atom stereocenters. The molecule has 0 aliphatic heterocycles. The Labute approximate surface area is 163 Å². The molecule has 2 N–H and O–H groups in total. The third kappa shape index (κ3) is 4.42. The first-order valence-corrected chi connectivity index (χ1v) is 13.2. The summed E-state index contributed by atoms with van der Waals surface area (Å²) in [4.78, 5) is 0. The van der Waals surface area contributed by atoms with Crippen molar-refractivity contribution in [3.8, 4) is 11.1 Å². The van der Waals surface area contributed by atoms with E-state index in [1.165, 1.54) is 0 Å². The maximum Gasteiger partial charge on any atom is 0.140 e. The zero-order valence-corrected chi connectivity index (χ0v) is 18.1. The van der Waals surface area contributed by atoms with Crippen molar-refractivity contribution in [2.75, 3.05) is 12.3 Å². The number of aromatic nitrogens is 2. The van der Waals surface area contributed by atoms with E-state index >= 15 is 0 Å². The highest BCUT2D eigenvalue weighted by molar-refractivity contribution is 14.1. The summed E-state index contributed by atoms with van der Waals surface area (Å²) in [5.74, 6) is 0. The van der Waals surface area contributed by atoms with Crippen molar-refractivity contribution in [2.24, 2.45) is 0 Å². The number of ether oxygens (including phenoxy) is 1. The van der Waals surface area contributed by atoms with E-state index in [4.69, 9.17) is 10.5 Å². The van der Waals surface area contributed by atoms with E-state index in [1.54, 1.807) is 0 Å². The number of halogens is 1. The van der Waals surface area contributed by atoms with Crippen LogP contribution in [0.15, 0.2) is 42.5 Å². The van der Waals surface area contributed by atoms with Gasteiger partial charge in [0.25, 0.3) is 0 Å². The van der Waals surface area contributed by atoms with Crippen molar-refractivity contribution >= 4 is 47.3 Å². The van der Waals surface area contributed by atoms with Gasteiger partial charge in [0.15, 0.2) is 0 Å². The predicted octanol–water partition coefficient (Wildman–Crippen LogP) is 5.20. The summed E-state index contributed by atoms with van der Waals surface area (Å²) in [5.41, 5.74) is 10.3. The van der Waals surface area contributed by atoms with E-state index in [9.17, 15) is 0 Å². The minimum Gasteiger partial charge on any atom is -0.397 e. The SMILES string of the molecule is C[Si](C)(C)CCOCn1nc(I)c2cc(-c3ccccc3)cc(N)c21. The lowest BCUT2D eigenvalue weighted by molar-refractivity contribution is 0.0815. The van der Waals surface area contributed by atoms with Gasteiger partial charge in [-0.15, -0.1) is 0 Å². The summed E-state index contributed by atoms with van der Waals surface area (Å²) in [6.07, 6.45) is 0. The molecule has 0 unspecified atom stereocenters. The number of fused-ring (bicyclic) bond motifs is 1. The van der Waals surface area contributed by atoms with E-state index in [-0.39, 0.29) is 0 Å². The molecule has 0 amide bonds. The van der Waals surface area contributed by atoms with Gasteiger partial charge in [0.2, 0.25) is 0 Å². The molecule has 0 aliphatic carbocycles. The molecular formula is C19H24IN3OSi. The number of benzene rings is 2. The molecule has 3 aromatic rings. The van der Waals surface area contributed by atoms with Gasteiger partial charge < -0.3 is 10.5 Å². The summed E-state index contributed by atoms with van der Waals surface area (Å²) in [7, 11) is -1.08. The molecule has 4 nitrogen and oxygen atoms in total. The van der Waals surface area contributed by atoms with Gasteiger partial charge in [-0.3, -0.25) is 0 Å². The van der Waals surface area contributed by atoms with Crippen LogP contribution < -0.4 is 5.73 Å². The number of nitrogen functional groups attached to an aromatic ring is 1. The lowest BCUT2D eigenvalue weighted by Crippen LogP contribution is -2.22. The molecule has 1 aromatic heterocycles. The van der Waals surface area contributed by atoms with Crippen molar-refractivity contribution in [2.45, 2.75) is 32.4 Å². The van der Waals surface area contributed by atoms with Crippen LogP contribution in [-0.4, -0.2) is 24.5 Å². The Morgan fingerprint density at radius 2 is 1.84 bits per heavy atom. The Bertz CT molecular complexity index is 872. The van der Waals surface area contributed by atoms with Crippen LogP contribution in [0.2, 0.25) is 25.7 Å². The van der Waals surface area contributed by atoms with Gasteiger partial charge >= 0.3 is 0 Å². The largest absolute Gasteiger partial charge is 0.397 e. The van der Waals surface area contributed by atoms with Crippen LogP contribution in [0.4, 0.5) is 5.69 Å². The summed E-state index contributed by atoms with van der Waals surface area (Å²) >= 11 is 2.27. The molecule has 0 fully saturated rings. The molecule has 3 rings (SSSR count). The second-order valence-electron chi connectivity index (χ2n) is 7.47. The van der Waals surface area contributed by atoms with Crippen LogP contribution in [-0.2, 0) is 11.5 Å². The van der Waals surface area contributed by atoms with Gasteiger partial charge in [0.1, 0.15) is 10.4 Å². The van der Waals surface area contributed by atoms with Gasteiger partial charge in [-0.25, -0.2) is 4.68 Å². The molecule has 0 aliphatic rings. The highest BCUT2D eigenvalue weighted by atomic mass is 127. The fourth-order valence-electron chi connectivity index (χ4n) is 2.73. The van der Waals surface area contributed by atoms with Crippen molar-refractivity contribution in [1.82, 2.24) is 9.78 Å². The zero-order chi connectivity index (χ0) is 18.0. The lowest BCUT2D eigenvalue weighted by Gasteiger charge is -2.15. The number of hydrogen-bond acceptors (Lipinski definition) is 3. The van der Waals surface area contributed by atoms with Crippen LogP contribution in [0.3, 0.4) is 0 Å². The number of hydrogen-bond donors (Lipinski definition) is 1. The smallest absolute Gasteiger partial charge is 0.140 e. The molecule has 132 valence electrons. The minimum atomic E-state index is -1.08. The first-order valence-electron chi connectivity index (χ1n) is 8.44. The van der Waals surface area contributed by atoms with Gasteiger partial charge in [0.05, 0.1) is 11.2 Å². The van der Waals surface area contributed by atoms with Crippen LogP contribution >= 0.6 is 22.6 Å². The van der Waals surface area contributed by atoms with Crippen molar-refractivity contribution in [3.05, 3.63) is 46.2 Å². The van der Waals surface area contributed by atoms with E-state index in [0.717, 1.165) is 44.1 Å². The Kier molecular flexibility index (Phi) is 5.50. The fourth-order valence-corrected chi connectivity index (χ4v) is 4.16. The normalized spacial score (nSPS) is 12.0. The van der Waals surface area contributed by atoms with Crippen LogP contribution in [0.1, 0.15) is 0 Å². The summed E-state index contributed by atoms with van der Waals surface area (Å²) in [6.45, 7) is 8.28. The second-order valence-corrected chi connectivity index (χ2v) is 14.1. The summed E-state index contributed by atoms with van der Waals surface area (Å²) in [6, 6.07) is 15.6.